The molecule has 103 valence electrons. The maximum atomic E-state index is 4.91. The third-order valence-corrected chi connectivity index (χ3v) is 11.9. The van der Waals surface area contributed by atoms with Crippen molar-refractivity contribution in [3.05, 3.63) is 12.7 Å². The molecule has 0 aliphatic rings. The average Bonchev–Trinajstić information content (AvgIpc) is 2.38. The van der Waals surface area contributed by atoms with Crippen LogP contribution in [0.3, 0.4) is 0 Å². The predicted octanol–water partition coefficient (Wildman–Crippen LogP) is 5.01. The zero-order valence-corrected chi connectivity index (χ0v) is 15.3. The Hall–Kier alpha value is 0.499. The first-order valence-corrected chi connectivity index (χ1v) is 13.5. The van der Waals surface area contributed by atoms with Gasteiger partial charge in [0.2, 0.25) is 0 Å². The van der Waals surface area contributed by atoms with Crippen molar-refractivity contribution in [2.24, 2.45) is 5.73 Å². The zero-order valence-electron chi connectivity index (χ0n) is 12.4. The van der Waals surface area contributed by atoms with Gasteiger partial charge in [0, 0.05) is 6.54 Å². The summed E-state index contributed by atoms with van der Waals surface area (Å²) in [5, 5.41) is 0. The van der Waals surface area contributed by atoms with Gasteiger partial charge >= 0.3 is 92.4 Å². The van der Waals surface area contributed by atoms with Crippen LogP contribution in [-0.2, 0) is 0 Å². The van der Waals surface area contributed by atoms with Crippen LogP contribution in [-0.4, -0.2) is 26.3 Å². The van der Waals surface area contributed by atoms with E-state index >= 15 is 0 Å². The molecule has 1 nitrogen and oxygen atoms in total. The second-order valence-electron chi connectivity index (χ2n) is 4.59. The average molecular weight is 347 g/mol. The number of unbranched alkanes of at least 4 members (excludes halogenated alkanes) is 3. The predicted molar refractivity (Wildman–Crippen MR) is 84.2 cm³/mol. The number of nitrogens with two attached hydrogens (primary N) is 1. The van der Waals surface area contributed by atoms with Crippen molar-refractivity contribution in [1.29, 1.82) is 0 Å². The number of hydrogen-bond acceptors (Lipinski definition) is 1. The summed E-state index contributed by atoms with van der Waals surface area (Å²) in [4.78, 5) is 0. The van der Waals surface area contributed by atoms with Gasteiger partial charge in [-0.05, 0) is 0 Å². The molecule has 2 heteroatoms. The summed E-state index contributed by atoms with van der Waals surface area (Å²) in [6, 6.07) is 0. The first kappa shape index (κ1) is 19.8. The Kier molecular flexibility index (Phi) is 22.0. The second kappa shape index (κ2) is 18.9. The van der Waals surface area contributed by atoms with Gasteiger partial charge < -0.3 is 5.73 Å². The minimum absolute atomic E-state index is 0.583. The van der Waals surface area contributed by atoms with Crippen LogP contribution < -0.4 is 5.73 Å². The van der Waals surface area contributed by atoms with E-state index in [-0.39, 0.29) is 0 Å². The molecule has 0 fully saturated rings. The van der Waals surface area contributed by atoms with Gasteiger partial charge in [-0.25, -0.2) is 0 Å². The minimum atomic E-state index is -0.839. The number of rotatable bonds is 10. The molecule has 0 aliphatic heterocycles. The van der Waals surface area contributed by atoms with Gasteiger partial charge in [0.25, 0.3) is 0 Å². The van der Waals surface area contributed by atoms with Crippen molar-refractivity contribution in [2.75, 3.05) is 6.54 Å². The van der Waals surface area contributed by atoms with E-state index in [1.165, 1.54) is 38.5 Å². The van der Waals surface area contributed by atoms with Gasteiger partial charge in [-0.1, -0.05) is 6.08 Å². The molecule has 0 spiro atoms. The molecular weight excluding hydrogens is 313 g/mol. The summed E-state index contributed by atoms with van der Waals surface area (Å²) in [6.45, 7) is 10.9. The van der Waals surface area contributed by atoms with Crippen LogP contribution in [0.15, 0.2) is 12.7 Å². The molecule has 17 heavy (non-hydrogen) atoms. The standard InChI is InChI=1S/3C4H9.C3H7N.Sn/c3*1-3-4-2;1-2-3-4;/h3*1,3-4H2,2H3;2H,1,3-4H2;. The molecule has 0 aliphatic carbocycles. The van der Waals surface area contributed by atoms with Crippen molar-refractivity contribution in [3.63, 3.8) is 0 Å². The van der Waals surface area contributed by atoms with Gasteiger partial charge in [-0.3, -0.25) is 0 Å². The fourth-order valence-electron chi connectivity index (χ4n) is 1.66. The fourth-order valence-corrected chi connectivity index (χ4v) is 11.1. The Morgan fingerprint density at radius 3 is 1.35 bits per heavy atom. The van der Waals surface area contributed by atoms with Crippen LogP contribution in [0.1, 0.15) is 59.3 Å². The summed E-state index contributed by atoms with van der Waals surface area (Å²) in [5.74, 6) is 0. The molecule has 2 N–H and O–H groups in total. The summed E-state index contributed by atoms with van der Waals surface area (Å²) in [5.41, 5.74) is 4.91. The molecular formula is C15H34NSn. The Labute approximate surface area is 117 Å². The Balaban J connectivity index is 0. The molecule has 0 aromatic rings. The van der Waals surface area contributed by atoms with Gasteiger partial charge in [-0.2, -0.15) is 0 Å². The van der Waals surface area contributed by atoms with Crippen LogP contribution in [0.2, 0.25) is 13.3 Å². The third kappa shape index (κ3) is 19.0. The van der Waals surface area contributed by atoms with Gasteiger partial charge in [-0.15, -0.1) is 6.58 Å². The molecule has 0 heterocycles. The van der Waals surface area contributed by atoms with Gasteiger partial charge in [0.05, 0.1) is 0 Å². The molecule has 0 saturated carbocycles. The quantitative estimate of drug-likeness (QED) is 0.436. The Morgan fingerprint density at radius 1 is 0.882 bits per heavy atom. The summed E-state index contributed by atoms with van der Waals surface area (Å²) >= 11 is -0.839. The van der Waals surface area contributed by atoms with Crippen molar-refractivity contribution >= 4 is 19.8 Å². The van der Waals surface area contributed by atoms with E-state index in [4.69, 9.17) is 5.73 Å². The van der Waals surface area contributed by atoms with Crippen LogP contribution >= 0.6 is 0 Å². The first-order valence-electron chi connectivity index (χ1n) is 7.41. The van der Waals surface area contributed by atoms with E-state index in [2.05, 4.69) is 27.4 Å². The van der Waals surface area contributed by atoms with Crippen LogP contribution in [0.25, 0.3) is 0 Å². The van der Waals surface area contributed by atoms with Crippen LogP contribution in [0, 0.1) is 0 Å². The van der Waals surface area contributed by atoms with E-state index in [1.54, 1.807) is 19.4 Å². The van der Waals surface area contributed by atoms with Crippen LogP contribution in [0.4, 0.5) is 0 Å². The first-order chi connectivity index (χ1) is 8.26. The number of hydrogen-bond donors (Lipinski definition) is 1. The van der Waals surface area contributed by atoms with E-state index in [1.807, 2.05) is 0 Å². The summed E-state index contributed by atoms with van der Waals surface area (Å²) < 4.78 is 5.04. The molecule has 0 bridgehead atoms. The molecule has 0 unspecified atom stereocenters. The van der Waals surface area contributed by atoms with Gasteiger partial charge in [0.1, 0.15) is 0 Å². The monoisotopic (exact) mass is 348 g/mol. The Morgan fingerprint density at radius 2 is 1.18 bits per heavy atom. The van der Waals surface area contributed by atoms with E-state index in [0.29, 0.717) is 6.54 Å². The molecule has 0 atom stereocenters. The SMILES string of the molecule is C=CCN.CCC[CH2][Sn]([CH2]CCC)[CH2]CCC. The van der Waals surface area contributed by atoms with E-state index < -0.39 is 19.8 Å². The normalized spacial score (nSPS) is 9.94. The second-order valence-corrected chi connectivity index (χ2v) is 13.1. The summed E-state index contributed by atoms with van der Waals surface area (Å²) in [6.07, 6.45) is 10.5. The Bertz CT molecular complexity index is 118. The maximum absolute atomic E-state index is 4.91. The third-order valence-electron chi connectivity index (χ3n) is 2.82. The molecule has 0 aromatic carbocycles. The molecule has 0 saturated heterocycles. The molecule has 0 rings (SSSR count). The van der Waals surface area contributed by atoms with Crippen molar-refractivity contribution in [2.45, 2.75) is 72.6 Å². The zero-order chi connectivity index (χ0) is 13.4. The van der Waals surface area contributed by atoms with Crippen LogP contribution in [0.5, 0.6) is 0 Å². The molecule has 1 radical (unpaired) electrons. The van der Waals surface area contributed by atoms with Crippen molar-refractivity contribution in [1.82, 2.24) is 0 Å². The van der Waals surface area contributed by atoms with Gasteiger partial charge in [0.15, 0.2) is 0 Å². The van der Waals surface area contributed by atoms with E-state index in [9.17, 15) is 0 Å². The van der Waals surface area contributed by atoms with Crippen molar-refractivity contribution < 1.29 is 0 Å². The molecule has 0 amide bonds. The fraction of sp³-hybridized carbons (Fsp3) is 0.867. The topological polar surface area (TPSA) is 26.0 Å². The summed E-state index contributed by atoms with van der Waals surface area (Å²) in [7, 11) is 0. The molecule has 0 aromatic heterocycles. The van der Waals surface area contributed by atoms with E-state index in [0.717, 1.165) is 0 Å². The van der Waals surface area contributed by atoms with Crippen molar-refractivity contribution in [3.8, 4) is 0 Å².